The average molecular weight is 1420 g/mol. The predicted molar refractivity (Wildman–Crippen MR) is 342 cm³/mol. The fourth-order valence-corrected chi connectivity index (χ4v) is 13.7. The second kappa shape index (κ2) is 23.6. The van der Waals surface area contributed by atoms with Gasteiger partial charge in [0.05, 0.1) is 71.6 Å². The molecule has 2 aliphatic heterocycles. The maximum atomic E-state index is 15.5. The number of carbonyl (C=O) groups is 2. The van der Waals surface area contributed by atoms with Gasteiger partial charge >= 0.3 is 18.0 Å². The van der Waals surface area contributed by atoms with Crippen molar-refractivity contribution in [3.05, 3.63) is 252 Å². The van der Waals surface area contributed by atoms with Crippen LogP contribution in [0.2, 0.25) is 0 Å². The summed E-state index contributed by atoms with van der Waals surface area (Å²) in [6.45, 7) is 5.05. The highest BCUT2D eigenvalue weighted by Crippen LogP contribution is 2.39. The lowest BCUT2D eigenvalue weighted by Gasteiger charge is -2.35. The summed E-state index contributed by atoms with van der Waals surface area (Å²) >= 11 is 5.95. The molecule has 7 aromatic heterocycles. The Kier molecular flexibility index (Phi) is 15.5. The largest absolute Gasteiger partial charge is 0.417 e. The first kappa shape index (κ1) is 62.2. The first-order valence-corrected chi connectivity index (χ1v) is 31.4. The van der Waals surface area contributed by atoms with E-state index in [0.29, 0.717) is 85.5 Å². The minimum atomic E-state index is -4.75. The molecule has 5 aromatic carbocycles. The van der Waals surface area contributed by atoms with E-state index in [-0.39, 0.29) is 64.8 Å². The Morgan fingerprint density at radius 2 is 1.17 bits per heavy atom. The number of H-pyrrole nitrogens is 2. The highest BCUT2D eigenvalue weighted by atomic mass is 79.9. The molecule has 2 atom stereocenters. The van der Waals surface area contributed by atoms with E-state index in [0.717, 1.165) is 28.8 Å². The van der Waals surface area contributed by atoms with Gasteiger partial charge in [0.1, 0.15) is 17.0 Å². The summed E-state index contributed by atoms with van der Waals surface area (Å²) in [4.78, 5) is 77.3. The van der Waals surface area contributed by atoms with Crippen LogP contribution < -0.4 is 16.8 Å². The molecule has 482 valence electrons. The predicted octanol–water partition coefficient (Wildman–Crippen LogP) is 10.6. The molecule has 0 saturated carbocycles. The number of hydrogen-bond acceptors (Lipinski definition) is 11. The number of benzene rings is 5. The molecule has 95 heavy (non-hydrogen) atoms. The summed E-state index contributed by atoms with van der Waals surface area (Å²) < 4.78 is 93.5. The fraction of sp³-hybridized carbons (Fsp3) is 0.227. The van der Waals surface area contributed by atoms with E-state index in [9.17, 15) is 40.7 Å². The quantitative estimate of drug-likeness (QED) is 0.109. The second-order valence-electron chi connectivity index (χ2n) is 23.7. The number of rotatable bonds is 12. The molecule has 0 fully saturated rings. The second-order valence-corrected chi connectivity index (χ2v) is 25.4. The number of carbonyl (C=O) groups excluding carboxylic acids is 2. The van der Waals surface area contributed by atoms with Gasteiger partial charge in [0, 0.05) is 85.9 Å². The fourth-order valence-electron chi connectivity index (χ4n) is 12.8. The Bertz CT molecular complexity index is 5290. The number of nitrogens with zero attached hydrogens (tertiary/aromatic N) is 14. The Morgan fingerprint density at radius 1 is 0.632 bits per heavy atom. The van der Waals surface area contributed by atoms with Crippen LogP contribution in [0.15, 0.2) is 157 Å². The minimum Gasteiger partial charge on any atom is -0.330 e. The van der Waals surface area contributed by atoms with Crippen LogP contribution in [0.3, 0.4) is 0 Å². The summed E-state index contributed by atoms with van der Waals surface area (Å²) in [7, 11) is 1.51. The molecule has 9 heterocycles. The zero-order chi connectivity index (χ0) is 66.7. The highest BCUT2D eigenvalue weighted by Gasteiger charge is 2.39. The van der Waals surface area contributed by atoms with Crippen LogP contribution >= 0.6 is 31.9 Å². The molecule has 2 N–H and O–H groups in total. The Hall–Kier alpha value is -10.3. The first-order chi connectivity index (χ1) is 45.4. The van der Waals surface area contributed by atoms with Crippen LogP contribution in [0.5, 0.6) is 0 Å². The van der Waals surface area contributed by atoms with E-state index in [1.54, 1.807) is 81.8 Å². The molecule has 0 bridgehead atoms. The lowest BCUT2D eigenvalue weighted by molar-refractivity contribution is -0.139. The first-order valence-electron chi connectivity index (χ1n) is 29.8. The lowest BCUT2D eigenvalue weighted by Crippen LogP contribution is -2.46. The van der Waals surface area contributed by atoms with Crippen molar-refractivity contribution in [1.82, 2.24) is 78.1 Å². The van der Waals surface area contributed by atoms with Crippen LogP contribution in [0.25, 0.3) is 45.6 Å². The zero-order valence-electron chi connectivity index (χ0n) is 50.6. The molecular formula is C66H52Br2F6N16O5. The summed E-state index contributed by atoms with van der Waals surface area (Å²) in [5, 5.41) is 30.5. The number of halogens is 8. The monoisotopic (exact) mass is 1420 g/mol. The third-order valence-corrected chi connectivity index (χ3v) is 18.9. The molecule has 0 radical (unpaired) electrons. The molecule has 0 spiro atoms. The average Bonchev–Trinajstić information content (AvgIpc) is 1.70. The van der Waals surface area contributed by atoms with Crippen LogP contribution in [-0.2, 0) is 64.7 Å². The molecule has 12 aromatic rings. The van der Waals surface area contributed by atoms with Gasteiger partial charge in [-0.25, -0.2) is 23.1 Å². The van der Waals surface area contributed by atoms with Crippen molar-refractivity contribution in [2.75, 3.05) is 0 Å². The van der Waals surface area contributed by atoms with Crippen LogP contribution in [0, 0.1) is 6.92 Å². The third-order valence-electron chi connectivity index (χ3n) is 17.6. The van der Waals surface area contributed by atoms with Gasteiger partial charge in [-0.15, -0.1) is 5.10 Å². The Labute approximate surface area is 550 Å². The maximum absolute atomic E-state index is 15.5. The normalized spacial score (nSPS) is 15.1. The van der Waals surface area contributed by atoms with Crippen molar-refractivity contribution in [1.29, 1.82) is 0 Å². The standard InChI is InChI=1S/C66H52Br2F6N16O5/c1-34-21-46-53(32-84(34)60(91)41-15-19-50(67)48(26-41)65(69,70)71)89-58(87(62(46)93)45-17-13-40(14-18-45)57-77-64(95)83(4)81-57)44(30-75-89)25-38-11-8-12-39(23-38)31-86-52(56-36(3)78-82-79-56)28-55(80-86)88-59-43(24-37-9-6-5-7-10-37)29-76-90(59)54-33-85(35(2)22-47(54)63(88)94)61(92)42-16-20-51(68)49(27-42)66(72,73)74/h5-20,23,26-30,34-35H,21-22,24-25,31-33H2,1-4H3,(H,77,81,95)(H,78,79,82)/t34-,35-/m1/s1. The number of hydrogen-bond donors (Lipinski definition) is 2. The van der Waals surface area contributed by atoms with Gasteiger partial charge in [-0.3, -0.25) is 38.5 Å². The lowest BCUT2D eigenvalue weighted by atomic mass is 9.97. The van der Waals surface area contributed by atoms with E-state index < -0.39 is 64.2 Å². The molecule has 21 nitrogen and oxygen atoms in total. The van der Waals surface area contributed by atoms with Gasteiger partial charge < -0.3 is 9.80 Å². The Balaban J connectivity index is 0.847. The summed E-state index contributed by atoms with van der Waals surface area (Å²) in [5.41, 5.74) is 4.78. The van der Waals surface area contributed by atoms with Crippen LogP contribution in [0.4, 0.5) is 26.3 Å². The molecular weight excluding hydrogens is 1370 g/mol. The van der Waals surface area contributed by atoms with E-state index >= 15 is 9.59 Å². The van der Waals surface area contributed by atoms with Gasteiger partial charge in [0.25, 0.3) is 22.9 Å². The smallest absolute Gasteiger partial charge is 0.330 e. The van der Waals surface area contributed by atoms with Gasteiger partial charge in [0.15, 0.2) is 11.6 Å². The number of aryl methyl sites for hydroxylation is 2. The summed E-state index contributed by atoms with van der Waals surface area (Å²) in [6.07, 6.45) is -5.58. The van der Waals surface area contributed by atoms with Crippen molar-refractivity contribution >= 4 is 55.0 Å². The number of aromatic amines is 2. The molecule has 0 aliphatic carbocycles. The molecule has 14 rings (SSSR count). The van der Waals surface area contributed by atoms with Crippen molar-refractivity contribution in [3.63, 3.8) is 0 Å². The van der Waals surface area contributed by atoms with Crippen LogP contribution in [0.1, 0.15) is 102 Å². The number of nitrogens with one attached hydrogen (secondary N) is 2. The van der Waals surface area contributed by atoms with Crippen LogP contribution in [-0.4, -0.2) is 102 Å². The van der Waals surface area contributed by atoms with E-state index in [1.807, 2.05) is 54.6 Å². The Morgan fingerprint density at radius 3 is 1.71 bits per heavy atom. The highest BCUT2D eigenvalue weighted by molar-refractivity contribution is 9.10. The van der Waals surface area contributed by atoms with E-state index in [1.165, 1.54) is 50.4 Å². The third kappa shape index (κ3) is 11.2. The van der Waals surface area contributed by atoms with Gasteiger partial charge in [-0.2, -0.15) is 46.7 Å². The van der Waals surface area contributed by atoms with Gasteiger partial charge in [-0.1, -0.05) is 91.7 Å². The van der Waals surface area contributed by atoms with Crippen molar-refractivity contribution in [3.8, 4) is 34.3 Å². The van der Waals surface area contributed by atoms with Crippen molar-refractivity contribution < 1.29 is 35.9 Å². The molecule has 0 unspecified atom stereocenters. The molecule has 29 heteroatoms. The van der Waals surface area contributed by atoms with E-state index in [4.69, 9.17) is 15.3 Å². The van der Waals surface area contributed by atoms with Gasteiger partial charge in [-0.05, 0) is 111 Å². The number of fused-ring (bicyclic) bond motifs is 6. The number of amides is 2. The molecule has 2 amide bonds. The number of aromatic nitrogens is 14. The maximum Gasteiger partial charge on any atom is 0.417 e. The van der Waals surface area contributed by atoms with Crippen molar-refractivity contribution in [2.45, 2.75) is 90.5 Å². The molecule has 2 aliphatic rings. The van der Waals surface area contributed by atoms with E-state index in [2.05, 4.69) is 57.4 Å². The number of alkyl halides is 6. The molecule has 0 saturated heterocycles. The van der Waals surface area contributed by atoms with Crippen molar-refractivity contribution in [2.24, 2.45) is 7.05 Å². The minimum absolute atomic E-state index is 0.0298. The summed E-state index contributed by atoms with van der Waals surface area (Å²) in [5.74, 6) is -0.796. The van der Waals surface area contributed by atoms with Gasteiger partial charge in [0.2, 0.25) is 0 Å². The zero-order valence-corrected chi connectivity index (χ0v) is 53.8. The SMILES string of the molecule is Cc1nn[nH]c1-c1cc(-n2c(=O)c3c(n4ncc(Cc5ccccc5)c24)CN(C(=O)c2ccc(Br)c(C(F)(F)F)c2)[C@H](C)C3)nn1Cc1cccc(Cc2cnn3c4c(c(=O)n(-c5ccc(-c6nn(C)c(=O)[nH]6)cc5)c23)C[C@@H](C)N(C(=O)c2ccc(Br)c(C(F)(F)F)c2)C4)c1. The topological polar surface area (TPSA) is 229 Å². The summed E-state index contributed by atoms with van der Waals surface area (Å²) in [6, 6.07) is 31.2.